The lowest BCUT2D eigenvalue weighted by Crippen LogP contribution is -2.47. The second kappa shape index (κ2) is 14.1. The van der Waals surface area contributed by atoms with Crippen LogP contribution in [0.25, 0.3) is 0 Å². The lowest BCUT2D eigenvalue weighted by molar-refractivity contribution is 0.0951. The van der Waals surface area contributed by atoms with Gasteiger partial charge >= 0.3 is 0 Å². The second-order valence-electron chi connectivity index (χ2n) is 9.95. The van der Waals surface area contributed by atoms with Crippen molar-refractivity contribution < 1.29 is 17.9 Å². The van der Waals surface area contributed by atoms with Crippen molar-refractivity contribution in [3.05, 3.63) is 107 Å². The Balaban J connectivity index is 1.10. The Morgan fingerprint density at radius 3 is 2.33 bits per heavy atom. The lowest BCUT2D eigenvalue weighted by atomic mass is 10.2. The number of hydrogen-bond acceptors (Lipinski definition) is 7. The number of carbonyl (C=O) groups excluding carboxylic acids is 1. The fraction of sp³-hybridized carbons (Fsp3) is 0.226. The summed E-state index contributed by atoms with van der Waals surface area (Å²) in [6.45, 7) is 5.26. The molecule has 1 aliphatic rings. The summed E-state index contributed by atoms with van der Waals surface area (Å²) in [4.78, 5) is 21.5. The van der Waals surface area contributed by atoms with Crippen molar-refractivity contribution in [2.45, 2.75) is 11.3 Å². The summed E-state index contributed by atoms with van der Waals surface area (Å²) >= 11 is 12.0. The van der Waals surface area contributed by atoms with Gasteiger partial charge in [-0.3, -0.25) is 19.4 Å². The van der Waals surface area contributed by atoms with Gasteiger partial charge < -0.3 is 15.0 Å². The van der Waals surface area contributed by atoms with E-state index in [1.54, 1.807) is 42.5 Å². The minimum absolute atomic E-state index is 0.0132. The van der Waals surface area contributed by atoms with Crippen LogP contribution in [0.2, 0.25) is 10.0 Å². The number of nitrogens with zero attached hydrogens (tertiary/aromatic N) is 3. The number of pyridine rings is 1. The first-order valence-electron chi connectivity index (χ1n) is 13.8. The predicted molar refractivity (Wildman–Crippen MR) is 170 cm³/mol. The van der Waals surface area contributed by atoms with E-state index in [0.717, 1.165) is 39.1 Å². The van der Waals surface area contributed by atoms with E-state index in [1.807, 2.05) is 24.5 Å². The minimum Gasteiger partial charge on any atom is -0.455 e. The fourth-order valence-electron chi connectivity index (χ4n) is 4.69. The molecule has 1 fully saturated rings. The van der Waals surface area contributed by atoms with Gasteiger partial charge in [0, 0.05) is 62.4 Å². The smallest absolute Gasteiger partial charge is 0.262 e. The zero-order valence-electron chi connectivity index (χ0n) is 23.2. The highest BCUT2D eigenvalue weighted by Crippen LogP contribution is 2.34. The Labute approximate surface area is 261 Å². The molecule has 0 aliphatic carbocycles. The number of amides is 1. The van der Waals surface area contributed by atoms with Gasteiger partial charge in [0.25, 0.3) is 15.9 Å². The van der Waals surface area contributed by atoms with E-state index < -0.39 is 10.0 Å². The summed E-state index contributed by atoms with van der Waals surface area (Å²) in [7, 11) is -3.96. The Bertz CT molecular complexity index is 1650. The molecule has 0 atom stereocenters. The van der Waals surface area contributed by atoms with Crippen LogP contribution in [0.5, 0.6) is 11.5 Å². The number of aromatic nitrogens is 1. The summed E-state index contributed by atoms with van der Waals surface area (Å²) < 4.78 is 34.7. The summed E-state index contributed by atoms with van der Waals surface area (Å²) in [6, 6.07) is 21.3. The molecule has 0 saturated carbocycles. The SMILES string of the molecule is O=C(NCCCN1CCN(c2ccncc2)CC1)c1ccc(S(=O)(=O)Nc2ccccc2Oc2ccc(Cl)c(Cl)c2)cc1. The molecule has 12 heteroatoms. The molecule has 1 aliphatic heterocycles. The maximum Gasteiger partial charge on any atom is 0.262 e. The average molecular weight is 641 g/mol. The first kappa shape index (κ1) is 30.6. The fourth-order valence-corrected chi connectivity index (χ4v) is 6.05. The maximum absolute atomic E-state index is 13.1. The normalized spacial score (nSPS) is 13.9. The van der Waals surface area contributed by atoms with E-state index >= 15 is 0 Å². The van der Waals surface area contributed by atoms with Crippen molar-refractivity contribution in [2.24, 2.45) is 0 Å². The van der Waals surface area contributed by atoms with Gasteiger partial charge in [-0.1, -0.05) is 35.3 Å². The molecule has 1 saturated heterocycles. The van der Waals surface area contributed by atoms with E-state index in [0.29, 0.717) is 27.9 Å². The molecule has 43 heavy (non-hydrogen) atoms. The third kappa shape index (κ3) is 8.17. The Morgan fingerprint density at radius 1 is 0.884 bits per heavy atom. The van der Waals surface area contributed by atoms with Crippen molar-refractivity contribution in [1.82, 2.24) is 15.2 Å². The molecule has 2 heterocycles. The number of carbonyl (C=O) groups is 1. The lowest BCUT2D eigenvalue weighted by Gasteiger charge is -2.36. The average Bonchev–Trinajstić information content (AvgIpc) is 3.02. The molecule has 224 valence electrons. The van der Waals surface area contributed by atoms with Crippen LogP contribution in [-0.2, 0) is 10.0 Å². The molecule has 0 bridgehead atoms. The quantitative estimate of drug-likeness (QED) is 0.196. The molecule has 0 spiro atoms. The predicted octanol–water partition coefficient (Wildman–Crippen LogP) is 5.92. The van der Waals surface area contributed by atoms with Crippen LogP contribution in [-0.4, -0.2) is 63.5 Å². The van der Waals surface area contributed by atoms with Crippen molar-refractivity contribution in [1.29, 1.82) is 0 Å². The number of benzene rings is 3. The van der Waals surface area contributed by atoms with Crippen LogP contribution < -0.4 is 19.7 Å². The van der Waals surface area contributed by atoms with Crippen LogP contribution >= 0.6 is 23.2 Å². The van der Waals surface area contributed by atoms with Crippen molar-refractivity contribution in [3.63, 3.8) is 0 Å². The maximum atomic E-state index is 13.1. The molecule has 1 aromatic heterocycles. The summed E-state index contributed by atoms with van der Waals surface area (Å²) in [5, 5.41) is 3.63. The van der Waals surface area contributed by atoms with Crippen LogP contribution in [0.1, 0.15) is 16.8 Å². The van der Waals surface area contributed by atoms with Crippen molar-refractivity contribution >= 4 is 50.5 Å². The highest BCUT2D eigenvalue weighted by molar-refractivity contribution is 7.92. The molecular formula is C31H31Cl2N5O4S. The number of ether oxygens (including phenoxy) is 1. The van der Waals surface area contributed by atoms with E-state index in [2.05, 4.69) is 24.8 Å². The third-order valence-corrected chi connectivity index (χ3v) is 9.13. The molecule has 0 radical (unpaired) electrons. The van der Waals surface area contributed by atoms with Gasteiger partial charge in [0.1, 0.15) is 5.75 Å². The van der Waals surface area contributed by atoms with Gasteiger partial charge in [-0.25, -0.2) is 8.42 Å². The Hall–Kier alpha value is -3.83. The van der Waals surface area contributed by atoms with Gasteiger partial charge in [-0.2, -0.15) is 0 Å². The van der Waals surface area contributed by atoms with E-state index in [-0.39, 0.29) is 22.2 Å². The number of nitrogens with one attached hydrogen (secondary N) is 2. The molecule has 9 nitrogen and oxygen atoms in total. The Morgan fingerprint density at radius 2 is 1.60 bits per heavy atom. The van der Waals surface area contributed by atoms with Gasteiger partial charge in [-0.05, 0) is 73.6 Å². The van der Waals surface area contributed by atoms with E-state index in [1.165, 1.54) is 30.0 Å². The number of anilines is 2. The van der Waals surface area contributed by atoms with E-state index in [4.69, 9.17) is 27.9 Å². The van der Waals surface area contributed by atoms with Crippen LogP contribution in [0.3, 0.4) is 0 Å². The first-order chi connectivity index (χ1) is 20.8. The minimum atomic E-state index is -3.96. The standard InChI is InChI=1S/C31H31Cl2N5O4S/c32-27-11-8-25(22-28(27)33)42-30-5-2-1-4-29(30)36-43(40,41)26-9-6-23(7-10-26)31(39)35-14-3-17-37-18-20-38(21-19-37)24-12-15-34-16-13-24/h1-2,4-13,15-16,22,36H,3,14,17-21H2,(H,35,39). The summed E-state index contributed by atoms with van der Waals surface area (Å²) in [5.74, 6) is 0.441. The topological polar surface area (TPSA) is 104 Å². The van der Waals surface area contributed by atoms with Gasteiger partial charge in [-0.15, -0.1) is 0 Å². The monoisotopic (exact) mass is 639 g/mol. The van der Waals surface area contributed by atoms with Crippen LogP contribution in [0.15, 0.2) is 96.2 Å². The molecule has 0 unspecified atom stereocenters. The molecule has 4 aromatic rings. The molecule has 3 aromatic carbocycles. The zero-order chi connectivity index (χ0) is 30.2. The second-order valence-corrected chi connectivity index (χ2v) is 12.4. The highest BCUT2D eigenvalue weighted by Gasteiger charge is 2.19. The summed E-state index contributed by atoms with van der Waals surface area (Å²) in [5.41, 5.74) is 1.82. The van der Waals surface area contributed by atoms with Crippen LogP contribution in [0, 0.1) is 0 Å². The van der Waals surface area contributed by atoms with Crippen LogP contribution in [0.4, 0.5) is 11.4 Å². The molecule has 1 amide bonds. The Kier molecular flexibility index (Phi) is 10.0. The number of hydrogen-bond donors (Lipinski definition) is 2. The third-order valence-electron chi connectivity index (χ3n) is 7.01. The number of piperazine rings is 1. The summed E-state index contributed by atoms with van der Waals surface area (Å²) in [6.07, 6.45) is 4.44. The molecule has 2 N–H and O–H groups in total. The number of halogens is 2. The first-order valence-corrected chi connectivity index (χ1v) is 16.0. The largest absolute Gasteiger partial charge is 0.455 e. The number of para-hydroxylation sites is 2. The van der Waals surface area contributed by atoms with Gasteiger partial charge in [0.05, 0.1) is 20.6 Å². The molecule has 5 rings (SSSR count). The van der Waals surface area contributed by atoms with Gasteiger partial charge in [0.2, 0.25) is 0 Å². The van der Waals surface area contributed by atoms with Gasteiger partial charge in [0.15, 0.2) is 5.75 Å². The number of rotatable bonds is 11. The highest BCUT2D eigenvalue weighted by atomic mass is 35.5. The number of sulfonamides is 1. The van der Waals surface area contributed by atoms with E-state index in [9.17, 15) is 13.2 Å². The molecular weight excluding hydrogens is 609 g/mol. The zero-order valence-corrected chi connectivity index (χ0v) is 25.6. The van der Waals surface area contributed by atoms with Crippen molar-refractivity contribution in [2.75, 3.05) is 48.9 Å². The van der Waals surface area contributed by atoms with Crippen molar-refractivity contribution in [3.8, 4) is 11.5 Å².